The van der Waals surface area contributed by atoms with Crippen molar-refractivity contribution in [2.75, 3.05) is 5.73 Å². The summed E-state index contributed by atoms with van der Waals surface area (Å²) in [5, 5.41) is 2.84. The zero-order valence-electron chi connectivity index (χ0n) is 11.2. The molecule has 0 saturated heterocycles. The van der Waals surface area contributed by atoms with Crippen molar-refractivity contribution in [2.45, 2.75) is 47.1 Å². The number of pyridine rings is 1. The van der Waals surface area contributed by atoms with Gasteiger partial charge in [0.1, 0.15) is 5.82 Å². The molecule has 1 aromatic heterocycles. The highest BCUT2D eigenvalue weighted by Crippen LogP contribution is 2.07. The molecule has 0 aliphatic rings. The molecule has 0 atom stereocenters. The molecule has 0 fully saturated rings. The van der Waals surface area contributed by atoms with Gasteiger partial charge in [-0.2, -0.15) is 0 Å². The van der Waals surface area contributed by atoms with Gasteiger partial charge in [-0.3, -0.25) is 4.79 Å². The minimum atomic E-state index is 0.0775. The molecule has 1 rings (SSSR count). The summed E-state index contributed by atoms with van der Waals surface area (Å²) in [4.78, 5) is 15.4. The smallest absolute Gasteiger partial charge is 0.220 e. The molecule has 4 heteroatoms. The Morgan fingerprint density at radius 1 is 1.41 bits per heavy atom. The molecule has 0 saturated carbocycles. The molecule has 0 aliphatic heterocycles. The molecular weight excluding hydrogens is 214 g/mol. The SMILES string of the molecule is CC.CCCC(=O)NCc1ccc(N)nc1C. The van der Waals surface area contributed by atoms with Crippen LogP contribution in [0.1, 0.15) is 44.9 Å². The van der Waals surface area contributed by atoms with Crippen LogP contribution >= 0.6 is 0 Å². The second kappa shape index (κ2) is 8.56. The number of rotatable bonds is 4. The minimum absolute atomic E-state index is 0.0775. The summed E-state index contributed by atoms with van der Waals surface area (Å²) in [7, 11) is 0. The molecule has 0 bridgehead atoms. The van der Waals surface area contributed by atoms with E-state index in [0.29, 0.717) is 18.8 Å². The molecule has 1 amide bonds. The lowest BCUT2D eigenvalue weighted by atomic mass is 10.2. The highest BCUT2D eigenvalue weighted by molar-refractivity contribution is 5.75. The quantitative estimate of drug-likeness (QED) is 0.845. The van der Waals surface area contributed by atoms with E-state index < -0.39 is 0 Å². The van der Waals surface area contributed by atoms with Crippen molar-refractivity contribution in [3.63, 3.8) is 0 Å². The summed E-state index contributed by atoms with van der Waals surface area (Å²) in [5.41, 5.74) is 7.41. The van der Waals surface area contributed by atoms with Gasteiger partial charge in [0.05, 0.1) is 0 Å². The third-order valence-electron chi connectivity index (χ3n) is 2.17. The number of carbonyl (C=O) groups is 1. The summed E-state index contributed by atoms with van der Waals surface area (Å²) in [5.74, 6) is 0.588. The predicted molar refractivity (Wildman–Crippen MR) is 71.5 cm³/mol. The number of nitrogens with two attached hydrogens (primary N) is 1. The van der Waals surface area contributed by atoms with Crippen molar-refractivity contribution >= 4 is 11.7 Å². The van der Waals surface area contributed by atoms with E-state index >= 15 is 0 Å². The molecule has 0 unspecified atom stereocenters. The van der Waals surface area contributed by atoms with Gasteiger partial charge in [0, 0.05) is 18.7 Å². The van der Waals surface area contributed by atoms with Gasteiger partial charge in [0.2, 0.25) is 5.91 Å². The zero-order valence-corrected chi connectivity index (χ0v) is 11.2. The van der Waals surface area contributed by atoms with Crippen LogP contribution in [0.25, 0.3) is 0 Å². The summed E-state index contributed by atoms with van der Waals surface area (Å²) >= 11 is 0. The number of anilines is 1. The van der Waals surface area contributed by atoms with Crippen LogP contribution in [0.5, 0.6) is 0 Å². The summed E-state index contributed by atoms with van der Waals surface area (Å²) in [6.45, 7) is 8.39. The lowest BCUT2D eigenvalue weighted by Gasteiger charge is -2.07. The van der Waals surface area contributed by atoms with Gasteiger partial charge in [-0.25, -0.2) is 4.98 Å². The lowest BCUT2D eigenvalue weighted by molar-refractivity contribution is -0.121. The standard InChI is InChI=1S/C11H17N3O.C2H6/c1-3-4-11(15)13-7-9-5-6-10(12)14-8(9)2;1-2/h5-6H,3-4,7H2,1-2H3,(H2,12,14)(H,13,15);1-2H3. The van der Waals surface area contributed by atoms with Crippen LogP contribution in [0, 0.1) is 6.92 Å². The van der Waals surface area contributed by atoms with Gasteiger partial charge in [0.15, 0.2) is 0 Å². The number of aryl methyl sites for hydroxylation is 1. The van der Waals surface area contributed by atoms with Crippen molar-refractivity contribution in [3.05, 3.63) is 23.4 Å². The highest BCUT2D eigenvalue weighted by Gasteiger charge is 2.02. The first kappa shape index (κ1) is 15.4. The Kier molecular flexibility index (Phi) is 7.76. The number of nitrogen functional groups attached to an aromatic ring is 1. The summed E-state index contributed by atoms with van der Waals surface area (Å²) < 4.78 is 0. The Labute approximate surface area is 104 Å². The average molecular weight is 237 g/mol. The van der Waals surface area contributed by atoms with E-state index in [9.17, 15) is 4.79 Å². The van der Waals surface area contributed by atoms with E-state index in [1.807, 2.05) is 33.8 Å². The maximum absolute atomic E-state index is 11.2. The molecular formula is C13H23N3O. The summed E-state index contributed by atoms with van der Waals surface area (Å²) in [6, 6.07) is 3.64. The summed E-state index contributed by atoms with van der Waals surface area (Å²) in [6.07, 6.45) is 1.44. The highest BCUT2D eigenvalue weighted by atomic mass is 16.1. The molecule has 4 nitrogen and oxygen atoms in total. The van der Waals surface area contributed by atoms with Crippen LogP contribution in [0.4, 0.5) is 5.82 Å². The number of hydrogen-bond acceptors (Lipinski definition) is 3. The zero-order chi connectivity index (χ0) is 13.3. The first-order valence-electron chi connectivity index (χ1n) is 6.12. The van der Waals surface area contributed by atoms with Crippen molar-refractivity contribution in [3.8, 4) is 0 Å². The van der Waals surface area contributed by atoms with E-state index in [4.69, 9.17) is 5.73 Å². The minimum Gasteiger partial charge on any atom is -0.384 e. The van der Waals surface area contributed by atoms with Crippen molar-refractivity contribution in [2.24, 2.45) is 0 Å². The van der Waals surface area contributed by atoms with Gasteiger partial charge in [-0.1, -0.05) is 26.8 Å². The van der Waals surface area contributed by atoms with Crippen LogP contribution in [-0.2, 0) is 11.3 Å². The number of carbonyl (C=O) groups excluding carboxylic acids is 1. The number of nitrogens with zero attached hydrogens (tertiary/aromatic N) is 1. The van der Waals surface area contributed by atoms with Crippen LogP contribution in [-0.4, -0.2) is 10.9 Å². The number of amides is 1. The third-order valence-corrected chi connectivity index (χ3v) is 2.17. The first-order valence-corrected chi connectivity index (χ1v) is 6.12. The van der Waals surface area contributed by atoms with Crippen molar-refractivity contribution < 1.29 is 4.79 Å². The van der Waals surface area contributed by atoms with Gasteiger partial charge >= 0.3 is 0 Å². The van der Waals surface area contributed by atoms with E-state index in [2.05, 4.69) is 10.3 Å². The average Bonchev–Trinajstić information content (AvgIpc) is 2.31. The van der Waals surface area contributed by atoms with Crippen LogP contribution in [0.3, 0.4) is 0 Å². The van der Waals surface area contributed by atoms with E-state index in [0.717, 1.165) is 17.7 Å². The second-order valence-corrected chi connectivity index (χ2v) is 3.51. The van der Waals surface area contributed by atoms with Gasteiger partial charge in [0.25, 0.3) is 0 Å². The Hall–Kier alpha value is -1.58. The molecule has 1 aromatic rings. The van der Waals surface area contributed by atoms with Crippen LogP contribution < -0.4 is 11.1 Å². The van der Waals surface area contributed by atoms with E-state index in [-0.39, 0.29) is 5.91 Å². The predicted octanol–water partition coefficient (Wildman–Crippen LogP) is 2.41. The molecule has 0 spiro atoms. The first-order chi connectivity index (χ1) is 8.13. The number of aromatic nitrogens is 1. The van der Waals surface area contributed by atoms with Crippen LogP contribution in [0.2, 0.25) is 0 Å². The van der Waals surface area contributed by atoms with Crippen LogP contribution in [0.15, 0.2) is 12.1 Å². The monoisotopic (exact) mass is 237 g/mol. The fraction of sp³-hybridized carbons (Fsp3) is 0.538. The Bertz CT molecular complexity index is 351. The van der Waals surface area contributed by atoms with Gasteiger partial charge in [-0.05, 0) is 25.0 Å². The number of hydrogen-bond donors (Lipinski definition) is 2. The van der Waals surface area contributed by atoms with E-state index in [1.54, 1.807) is 6.07 Å². The molecule has 1 heterocycles. The van der Waals surface area contributed by atoms with Crippen molar-refractivity contribution in [1.29, 1.82) is 0 Å². The third kappa shape index (κ3) is 5.90. The fourth-order valence-electron chi connectivity index (χ4n) is 1.31. The molecule has 96 valence electrons. The molecule has 0 aliphatic carbocycles. The normalized spacial score (nSPS) is 9.18. The van der Waals surface area contributed by atoms with Gasteiger partial charge in [-0.15, -0.1) is 0 Å². The lowest BCUT2D eigenvalue weighted by Crippen LogP contribution is -2.22. The Morgan fingerprint density at radius 3 is 2.59 bits per heavy atom. The Morgan fingerprint density at radius 2 is 2.06 bits per heavy atom. The second-order valence-electron chi connectivity index (χ2n) is 3.51. The molecule has 17 heavy (non-hydrogen) atoms. The maximum Gasteiger partial charge on any atom is 0.220 e. The van der Waals surface area contributed by atoms with Gasteiger partial charge < -0.3 is 11.1 Å². The number of nitrogens with one attached hydrogen (secondary N) is 1. The molecule has 3 N–H and O–H groups in total. The van der Waals surface area contributed by atoms with E-state index in [1.165, 1.54) is 0 Å². The Balaban J connectivity index is 0.00000121. The molecule has 0 radical (unpaired) electrons. The maximum atomic E-state index is 11.2. The van der Waals surface area contributed by atoms with Crippen molar-refractivity contribution in [1.82, 2.24) is 10.3 Å². The largest absolute Gasteiger partial charge is 0.384 e. The topological polar surface area (TPSA) is 68.0 Å². The fourth-order valence-corrected chi connectivity index (χ4v) is 1.31. The molecule has 0 aromatic carbocycles.